The van der Waals surface area contributed by atoms with Crippen LogP contribution in [0.3, 0.4) is 0 Å². The van der Waals surface area contributed by atoms with E-state index in [0.29, 0.717) is 16.9 Å². The van der Waals surface area contributed by atoms with Crippen LogP contribution in [0.1, 0.15) is 0 Å². The number of ether oxygens (including phenoxy) is 1. The lowest BCUT2D eigenvalue weighted by molar-refractivity contribution is -0.128. The first kappa shape index (κ1) is 15.9. The fourth-order valence-corrected chi connectivity index (χ4v) is 3.27. The van der Waals surface area contributed by atoms with Gasteiger partial charge in [0.15, 0.2) is 0 Å². The highest BCUT2D eigenvalue weighted by Crippen LogP contribution is 2.44. The molecule has 0 amide bonds. The summed E-state index contributed by atoms with van der Waals surface area (Å²) in [6.07, 6.45) is 1.13. The minimum Gasteiger partial charge on any atom is -0.507 e. The number of esters is 1. The van der Waals surface area contributed by atoms with Crippen LogP contribution in [0.15, 0.2) is 85.5 Å². The molecule has 0 spiro atoms. The van der Waals surface area contributed by atoms with Gasteiger partial charge in [-0.05, 0) is 33.7 Å². The highest BCUT2D eigenvalue weighted by molar-refractivity contribution is 6.10. The molecule has 0 radical (unpaired) electrons. The highest BCUT2D eigenvalue weighted by Gasteiger charge is 2.18. The summed E-state index contributed by atoms with van der Waals surface area (Å²) in [6, 6.07) is 22.8. The predicted molar refractivity (Wildman–Crippen MR) is 104 cm³/mol. The molecule has 0 aliphatic carbocycles. The molecule has 4 aromatic rings. The number of phenols is 1. The third-order valence-corrected chi connectivity index (χ3v) is 4.43. The zero-order valence-corrected chi connectivity index (χ0v) is 14.0. The maximum absolute atomic E-state index is 11.8. The van der Waals surface area contributed by atoms with Crippen LogP contribution in [0.25, 0.3) is 32.7 Å². The van der Waals surface area contributed by atoms with Gasteiger partial charge >= 0.3 is 5.97 Å². The van der Waals surface area contributed by atoms with Gasteiger partial charge in [0, 0.05) is 17.2 Å². The molecule has 0 fully saturated rings. The summed E-state index contributed by atoms with van der Waals surface area (Å²) in [5.41, 5.74) is 1.33. The molecule has 3 heteroatoms. The van der Waals surface area contributed by atoms with E-state index in [1.54, 1.807) is 12.1 Å². The summed E-state index contributed by atoms with van der Waals surface area (Å²) in [4.78, 5) is 11.8. The number of carbonyl (C=O) groups is 1. The maximum Gasteiger partial charge on any atom is 0.335 e. The van der Waals surface area contributed by atoms with E-state index >= 15 is 0 Å². The molecular weight excluding hydrogens is 324 g/mol. The van der Waals surface area contributed by atoms with Gasteiger partial charge < -0.3 is 9.84 Å². The number of carbonyl (C=O) groups excluding carboxylic acids is 1. The van der Waals surface area contributed by atoms with Crippen molar-refractivity contribution < 1.29 is 14.6 Å². The molecule has 3 nitrogen and oxygen atoms in total. The summed E-state index contributed by atoms with van der Waals surface area (Å²) >= 11 is 0. The average Bonchev–Trinajstić information content (AvgIpc) is 2.68. The van der Waals surface area contributed by atoms with E-state index in [4.69, 9.17) is 4.74 Å². The summed E-state index contributed by atoms with van der Waals surface area (Å²) in [5, 5.41) is 14.5. The zero-order chi connectivity index (χ0) is 18.1. The van der Waals surface area contributed by atoms with Crippen molar-refractivity contribution in [3.63, 3.8) is 0 Å². The van der Waals surface area contributed by atoms with E-state index in [0.717, 1.165) is 27.6 Å². The molecule has 0 aromatic heterocycles. The first-order valence-corrected chi connectivity index (χ1v) is 8.26. The SMILES string of the molecule is C=CC(=O)Oc1ccc2ccccc2c1-c1c(O)ccc2ccccc12. The van der Waals surface area contributed by atoms with Crippen LogP contribution in [0.4, 0.5) is 0 Å². The first-order chi connectivity index (χ1) is 12.7. The van der Waals surface area contributed by atoms with Crippen LogP contribution in [-0.4, -0.2) is 11.1 Å². The molecule has 4 aromatic carbocycles. The summed E-state index contributed by atoms with van der Waals surface area (Å²) in [5.74, 6) is -0.0162. The molecule has 126 valence electrons. The van der Waals surface area contributed by atoms with Crippen molar-refractivity contribution in [1.82, 2.24) is 0 Å². The van der Waals surface area contributed by atoms with E-state index < -0.39 is 5.97 Å². The molecule has 0 bridgehead atoms. The minimum atomic E-state index is -0.541. The number of fused-ring (bicyclic) bond motifs is 2. The van der Waals surface area contributed by atoms with E-state index in [1.807, 2.05) is 60.7 Å². The molecule has 0 unspecified atom stereocenters. The third-order valence-electron chi connectivity index (χ3n) is 4.43. The molecule has 0 aliphatic heterocycles. The number of phenolic OH excluding ortho intramolecular Hbond substituents is 1. The van der Waals surface area contributed by atoms with Crippen LogP contribution in [0.5, 0.6) is 11.5 Å². The zero-order valence-electron chi connectivity index (χ0n) is 14.0. The van der Waals surface area contributed by atoms with Gasteiger partial charge in [0.05, 0.1) is 0 Å². The normalized spacial score (nSPS) is 10.8. The standard InChI is InChI=1S/C23H16O3/c1-2-21(25)26-20-14-12-16-8-4-6-10-18(16)23(20)22-17-9-5-3-7-15(17)11-13-19(22)24/h2-14,24H,1H2. The molecule has 0 saturated heterocycles. The lowest BCUT2D eigenvalue weighted by Gasteiger charge is -2.16. The van der Waals surface area contributed by atoms with Crippen LogP contribution in [0.2, 0.25) is 0 Å². The van der Waals surface area contributed by atoms with Crippen molar-refractivity contribution in [1.29, 1.82) is 0 Å². The Morgan fingerprint density at radius 2 is 1.38 bits per heavy atom. The number of hydrogen-bond donors (Lipinski definition) is 1. The smallest absolute Gasteiger partial charge is 0.335 e. The molecule has 0 heterocycles. The van der Waals surface area contributed by atoms with E-state index in [9.17, 15) is 9.90 Å². The van der Waals surface area contributed by atoms with Crippen molar-refractivity contribution in [2.75, 3.05) is 0 Å². The second-order valence-corrected chi connectivity index (χ2v) is 5.97. The Morgan fingerprint density at radius 3 is 2.04 bits per heavy atom. The lowest BCUT2D eigenvalue weighted by Crippen LogP contribution is -2.04. The summed E-state index contributed by atoms with van der Waals surface area (Å²) < 4.78 is 5.49. The van der Waals surface area contributed by atoms with E-state index in [1.165, 1.54) is 0 Å². The number of aromatic hydroxyl groups is 1. The van der Waals surface area contributed by atoms with Gasteiger partial charge in [-0.2, -0.15) is 0 Å². The molecule has 26 heavy (non-hydrogen) atoms. The maximum atomic E-state index is 11.8. The Balaban J connectivity index is 2.13. The van der Waals surface area contributed by atoms with Gasteiger partial charge in [0.25, 0.3) is 0 Å². The van der Waals surface area contributed by atoms with Gasteiger partial charge in [0.2, 0.25) is 0 Å². The summed E-state index contributed by atoms with van der Waals surface area (Å²) in [6.45, 7) is 3.47. The van der Waals surface area contributed by atoms with Crippen molar-refractivity contribution in [2.45, 2.75) is 0 Å². The number of hydrogen-bond acceptors (Lipinski definition) is 3. The topological polar surface area (TPSA) is 46.5 Å². The molecule has 0 atom stereocenters. The molecule has 1 N–H and O–H groups in total. The second-order valence-electron chi connectivity index (χ2n) is 5.97. The molecule has 0 aliphatic rings. The van der Waals surface area contributed by atoms with Crippen molar-refractivity contribution in [3.8, 4) is 22.6 Å². The largest absolute Gasteiger partial charge is 0.507 e. The molecule has 0 saturated carbocycles. The van der Waals surface area contributed by atoms with Gasteiger partial charge in [-0.25, -0.2) is 4.79 Å². The molecule has 4 rings (SSSR count). The predicted octanol–water partition coefficient (Wildman–Crippen LogP) is 5.46. The van der Waals surface area contributed by atoms with Gasteiger partial charge in [0.1, 0.15) is 11.5 Å². The third kappa shape index (κ3) is 2.60. The Labute approximate surface area is 150 Å². The Bertz CT molecular complexity index is 1160. The monoisotopic (exact) mass is 340 g/mol. The quantitative estimate of drug-likeness (QED) is 0.306. The Kier molecular flexibility index (Phi) is 3.90. The van der Waals surface area contributed by atoms with Crippen LogP contribution in [-0.2, 0) is 4.79 Å². The van der Waals surface area contributed by atoms with Crippen molar-refractivity contribution >= 4 is 27.5 Å². The van der Waals surface area contributed by atoms with Crippen molar-refractivity contribution in [2.24, 2.45) is 0 Å². The first-order valence-electron chi connectivity index (χ1n) is 8.26. The second kappa shape index (κ2) is 6.37. The highest BCUT2D eigenvalue weighted by atomic mass is 16.5. The lowest BCUT2D eigenvalue weighted by atomic mass is 9.92. The number of benzene rings is 4. The van der Waals surface area contributed by atoms with Gasteiger partial charge in [-0.3, -0.25) is 0 Å². The summed E-state index contributed by atoms with van der Waals surface area (Å²) in [7, 11) is 0. The van der Waals surface area contributed by atoms with Crippen LogP contribution in [0, 0.1) is 0 Å². The average molecular weight is 340 g/mol. The fourth-order valence-electron chi connectivity index (χ4n) is 3.27. The van der Waals surface area contributed by atoms with Gasteiger partial charge in [-0.1, -0.05) is 67.2 Å². The fraction of sp³-hybridized carbons (Fsp3) is 0. The van der Waals surface area contributed by atoms with E-state index in [-0.39, 0.29) is 5.75 Å². The van der Waals surface area contributed by atoms with Gasteiger partial charge in [-0.15, -0.1) is 0 Å². The molecular formula is C23H16O3. The Morgan fingerprint density at radius 1 is 0.808 bits per heavy atom. The van der Waals surface area contributed by atoms with Crippen LogP contribution < -0.4 is 4.74 Å². The minimum absolute atomic E-state index is 0.135. The van der Waals surface area contributed by atoms with Crippen LogP contribution >= 0.6 is 0 Å². The Hall–Kier alpha value is -3.59. The number of rotatable bonds is 3. The van der Waals surface area contributed by atoms with E-state index in [2.05, 4.69) is 6.58 Å². The van der Waals surface area contributed by atoms with Crippen molar-refractivity contribution in [3.05, 3.63) is 85.5 Å².